The molecular formula is C7H12NO5S2+. The lowest BCUT2D eigenvalue weighted by Gasteiger charge is -2.24. The molecule has 15 heavy (non-hydrogen) atoms. The normalized spacial score (nSPS) is 13.2. The molecular weight excluding hydrogens is 242 g/mol. The van der Waals surface area contributed by atoms with Crippen molar-refractivity contribution in [2.45, 2.75) is 6.92 Å². The van der Waals surface area contributed by atoms with Gasteiger partial charge in [0.15, 0.2) is 0 Å². The molecule has 8 heteroatoms. The largest absolute Gasteiger partial charge is 0.341 e. The van der Waals surface area contributed by atoms with E-state index in [0.29, 0.717) is 10.8 Å². The second-order valence-electron chi connectivity index (χ2n) is 2.73. The van der Waals surface area contributed by atoms with Gasteiger partial charge in [0, 0.05) is 0 Å². The van der Waals surface area contributed by atoms with Crippen molar-refractivity contribution in [3.8, 4) is 0 Å². The highest BCUT2D eigenvalue weighted by molar-refractivity contribution is 8.01. The predicted molar refractivity (Wildman–Crippen MR) is 55.1 cm³/mol. The predicted octanol–water partition coefficient (Wildman–Crippen LogP) is -0.0739. The lowest BCUT2D eigenvalue weighted by molar-refractivity contribution is -0.559. The Kier molecular flexibility index (Phi) is 3.62. The van der Waals surface area contributed by atoms with E-state index in [1.165, 1.54) is 0 Å². The van der Waals surface area contributed by atoms with Gasteiger partial charge in [0.25, 0.3) is 0 Å². The fourth-order valence-corrected chi connectivity index (χ4v) is 3.60. The molecule has 86 valence electrons. The van der Waals surface area contributed by atoms with Crippen LogP contribution in [-0.4, -0.2) is 33.1 Å². The van der Waals surface area contributed by atoms with E-state index >= 15 is 0 Å². The Balaban J connectivity index is 6.29. The van der Waals surface area contributed by atoms with Crippen molar-refractivity contribution in [3.05, 3.63) is 24.0 Å². The molecule has 0 aromatic carbocycles. The maximum atomic E-state index is 11.5. The molecule has 0 aromatic rings. The van der Waals surface area contributed by atoms with Crippen molar-refractivity contribution in [3.63, 3.8) is 0 Å². The molecule has 0 aliphatic carbocycles. The molecule has 0 aliphatic rings. The highest BCUT2D eigenvalue weighted by Gasteiger charge is 2.51. The van der Waals surface area contributed by atoms with Gasteiger partial charge in [-0.1, -0.05) is 13.2 Å². The van der Waals surface area contributed by atoms with Crippen LogP contribution >= 0.6 is 0 Å². The number of carbonyl (C=O) groups excluding carboxylic acids is 1. The number of rotatable bonds is 4. The van der Waals surface area contributed by atoms with E-state index in [2.05, 4.69) is 13.2 Å². The van der Waals surface area contributed by atoms with E-state index in [1.54, 1.807) is 0 Å². The quantitative estimate of drug-likeness (QED) is 0.655. The van der Waals surface area contributed by atoms with Gasteiger partial charge in [-0.15, -0.1) is 0 Å². The zero-order valence-electron chi connectivity index (χ0n) is 8.37. The fourth-order valence-electron chi connectivity index (χ4n) is 0.788. The average Bonchev–Trinajstić information content (AvgIpc) is 2.15. The summed E-state index contributed by atoms with van der Waals surface area (Å²) in [6, 6.07) is 0. The minimum absolute atomic E-state index is 0.426. The maximum absolute atomic E-state index is 11.5. The van der Waals surface area contributed by atoms with Gasteiger partial charge in [0.05, 0.1) is 17.7 Å². The summed E-state index contributed by atoms with van der Waals surface area (Å²) in [4.78, 5) is 11.2. The minimum Gasteiger partial charge on any atom is -0.229 e. The second-order valence-corrected chi connectivity index (χ2v) is 7.15. The number of quaternary nitrogens is 1. The lowest BCUT2D eigenvalue weighted by atomic mass is 10.7. The van der Waals surface area contributed by atoms with Crippen LogP contribution in [-0.2, 0) is 24.8 Å². The van der Waals surface area contributed by atoms with Crippen molar-refractivity contribution in [2.75, 3.05) is 7.05 Å². The summed E-state index contributed by atoms with van der Waals surface area (Å²) in [5.74, 6) is -1.06. The first-order valence-electron chi connectivity index (χ1n) is 3.69. The molecule has 0 aromatic heterocycles. The van der Waals surface area contributed by atoms with Crippen molar-refractivity contribution in [2.24, 2.45) is 0 Å². The molecule has 6 nitrogen and oxygen atoms in total. The Hall–Kier alpha value is -0.990. The Morgan fingerprint density at radius 2 is 1.33 bits per heavy atom. The number of amides is 1. The SMILES string of the molecule is C=CS(=O)(=O)[N+](C)(C(C)=O)S(=O)(=O)C=C. The van der Waals surface area contributed by atoms with E-state index in [-0.39, 0.29) is 0 Å². The van der Waals surface area contributed by atoms with Crippen LogP contribution < -0.4 is 0 Å². The number of hydrogen-bond donors (Lipinski definition) is 0. The van der Waals surface area contributed by atoms with Gasteiger partial charge >= 0.3 is 26.0 Å². The van der Waals surface area contributed by atoms with Gasteiger partial charge in [-0.25, -0.2) is 4.79 Å². The Morgan fingerprint density at radius 1 is 1.07 bits per heavy atom. The van der Waals surface area contributed by atoms with Crippen LogP contribution in [0.5, 0.6) is 0 Å². The number of nitrogens with zero attached hydrogens (tertiary/aromatic N) is 1. The van der Waals surface area contributed by atoms with Crippen LogP contribution in [0.25, 0.3) is 0 Å². The zero-order valence-corrected chi connectivity index (χ0v) is 10.0. The summed E-state index contributed by atoms with van der Waals surface area (Å²) in [5.41, 5.74) is 0. The summed E-state index contributed by atoms with van der Waals surface area (Å²) in [6.07, 6.45) is 0. The van der Waals surface area contributed by atoms with Crippen molar-refractivity contribution >= 4 is 26.0 Å². The Bertz CT molecular complexity index is 461. The first-order chi connectivity index (χ1) is 6.56. The molecule has 0 aliphatic heterocycles. The van der Waals surface area contributed by atoms with Gasteiger partial charge in [-0.3, -0.25) is 0 Å². The summed E-state index contributed by atoms with van der Waals surface area (Å²) < 4.78 is 44.1. The molecule has 0 heterocycles. The zero-order chi connectivity index (χ0) is 12.5. The van der Waals surface area contributed by atoms with Crippen LogP contribution in [0, 0.1) is 0 Å². The molecule has 0 unspecified atom stereocenters. The van der Waals surface area contributed by atoms with E-state index < -0.39 is 29.2 Å². The first-order valence-corrected chi connectivity index (χ1v) is 6.70. The maximum Gasteiger partial charge on any atom is 0.341 e. The van der Waals surface area contributed by atoms with E-state index in [1.807, 2.05) is 0 Å². The van der Waals surface area contributed by atoms with Crippen molar-refractivity contribution in [1.29, 1.82) is 0 Å². The third kappa shape index (κ3) is 1.87. The molecule has 1 amide bonds. The first kappa shape index (κ1) is 14.0. The van der Waals surface area contributed by atoms with Crippen LogP contribution in [0.15, 0.2) is 24.0 Å². The third-order valence-electron chi connectivity index (χ3n) is 1.96. The molecule has 0 saturated carbocycles. The molecule has 0 radical (unpaired) electrons. The smallest absolute Gasteiger partial charge is 0.229 e. The molecule has 0 saturated heterocycles. The van der Waals surface area contributed by atoms with Crippen molar-refractivity contribution in [1.82, 2.24) is 0 Å². The van der Waals surface area contributed by atoms with Gasteiger partial charge < -0.3 is 0 Å². The molecule has 0 bridgehead atoms. The van der Waals surface area contributed by atoms with Gasteiger partial charge in [-0.05, 0) is 3.29 Å². The lowest BCUT2D eigenvalue weighted by Crippen LogP contribution is -2.54. The minimum atomic E-state index is -4.34. The van der Waals surface area contributed by atoms with Gasteiger partial charge in [0.1, 0.15) is 7.05 Å². The van der Waals surface area contributed by atoms with E-state index in [0.717, 1.165) is 14.0 Å². The standard InChI is InChI=1S/C7H12NO5S2/c1-5-14(10,11)8(4,7(3)9)15(12,13)6-2/h5-6H,1-2H2,3-4H3/q+1. The third-order valence-corrected chi connectivity index (χ3v) is 6.51. The highest BCUT2D eigenvalue weighted by Crippen LogP contribution is 2.22. The molecule has 0 N–H and O–H groups in total. The fraction of sp³-hybridized carbons (Fsp3) is 0.286. The topological polar surface area (TPSA) is 85.3 Å². The average molecular weight is 254 g/mol. The van der Waals surface area contributed by atoms with Crippen LogP contribution in [0.2, 0.25) is 0 Å². The number of carbonyl (C=O) groups is 1. The van der Waals surface area contributed by atoms with Crippen LogP contribution in [0.1, 0.15) is 6.92 Å². The highest BCUT2D eigenvalue weighted by atomic mass is 32.3. The monoisotopic (exact) mass is 254 g/mol. The van der Waals surface area contributed by atoms with Gasteiger partial charge in [0.2, 0.25) is 0 Å². The Morgan fingerprint density at radius 3 is 1.47 bits per heavy atom. The van der Waals surface area contributed by atoms with Crippen LogP contribution in [0.3, 0.4) is 0 Å². The van der Waals surface area contributed by atoms with Crippen molar-refractivity contribution < 1.29 is 24.9 Å². The van der Waals surface area contributed by atoms with Crippen LogP contribution in [0.4, 0.5) is 0 Å². The van der Waals surface area contributed by atoms with E-state index in [4.69, 9.17) is 0 Å². The summed E-state index contributed by atoms with van der Waals surface area (Å²) in [7, 11) is -7.91. The molecule has 0 spiro atoms. The Labute approximate surface area is 89.2 Å². The van der Waals surface area contributed by atoms with E-state index in [9.17, 15) is 21.6 Å². The molecule has 0 rings (SSSR count). The number of sulfonamides is 2. The number of hydrogen-bond acceptors (Lipinski definition) is 5. The summed E-state index contributed by atoms with van der Waals surface area (Å²) in [6.45, 7) is 6.81. The molecule has 0 fully saturated rings. The molecule has 0 atom stereocenters. The summed E-state index contributed by atoms with van der Waals surface area (Å²) >= 11 is 0. The summed E-state index contributed by atoms with van der Waals surface area (Å²) in [5, 5.41) is 0.852. The van der Waals surface area contributed by atoms with Gasteiger partial charge in [-0.2, -0.15) is 16.8 Å². The second kappa shape index (κ2) is 3.87.